The Balaban J connectivity index is 2.07. The van der Waals surface area contributed by atoms with Crippen molar-refractivity contribution in [1.29, 1.82) is 0 Å². The quantitative estimate of drug-likeness (QED) is 0.605. The number of nitrogens with one attached hydrogen (secondary N) is 3. The van der Waals surface area contributed by atoms with Crippen molar-refractivity contribution in [2.75, 3.05) is 5.32 Å². The molecule has 2 heterocycles. The van der Waals surface area contributed by atoms with Gasteiger partial charge in [0.25, 0.3) is 0 Å². The van der Waals surface area contributed by atoms with E-state index in [4.69, 9.17) is 12.2 Å². The largest absolute Gasteiger partial charge is 0.368 e. The van der Waals surface area contributed by atoms with Gasteiger partial charge in [-0.1, -0.05) is 0 Å². The van der Waals surface area contributed by atoms with Crippen LogP contribution in [0.25, 0.3) is 22.5 Å². The molecule has 0 saturated carbocycles. The highest BCUT2D eigenvalue weighted by Gasteiger charge is 2.12. The Morgan fingerprint density at radius 1 is 1.04 bits per heavy atom. The third-order valence-electron chi connectivity index (χ3n) is 3.35. The average Bonchev–Trinajstić information content (AvgIpc) is 2.89. The smallest absolute Gasteiger partial charge is 0.175 e. The normalized spacial score (nSPS) is 11.0. The lowest BCUT2D eigenvalue weighted by Crippen LogP contribution is -2.10. The predicted molar refractivity (Wildman–Crippen MR) is 93.4 cm³/mol. The molecule has 23 heavy (non-hydrogen) atoms. The third-order valence-corrected chi connectivity index (χ3v) is 3.55. The fraction of sp³-hybridized carbons (Fsp3) is 0.176. The summed E-state index contributed by atoms with van der Waals surface area (Å²) in [7, 11) is 0. The van der Waals surface area contributed by atoms with Crippen molar-refractivity contribution in [1.82, 2.24) is 15.0 Å². The fourth-order valence-corrected chi connectivity index (χ4v) is 2.60. The first kappa shape index (κ1) is 15.4. The number of imidazole rings is 1. The Hall–Kier alpha value is -2.47. The maximum atomic E-state index is 13.2. The minimum Gasteiger partial charge on any atom is -0.368 e. The number of halogens is 1. The van der Waals surface area contributed by atoms with Crippen LogP contribution in [-0.2, 0) is 0 Å². The molecule has 0 bridgehead atoms. The molecule has 3 aromatic rings. The molecule has 0 atom stereocenters. The van der Waals surface area contributed by atoms with E-state index < -0.39 is 0 Å². The summed E-state index contributed by atoms with van der Waals surface area (Å²) in [6.07, 6.45) is 1.75. The van der Waals surface area contributed by atoms with E-state index in [1.165, 1.54) is 12.1 Å². The zero-order valence-corrected chi connectivity index (χ0v) is 13.7. The molecule has 0 aliphatic heterocycles. The van der Waals surface area contributed by atoms with E-state index in [9.17, 15) is 4.39 Å². The Bertz CT molecular complexity index is 865. The molecular weight excluding hydrogens is 311 g/mol. The van der Waals surface area contributed by atoms with E-state index in [2.05, 4.69) is 34.1 Å². The molecule has 0 unspecified atom stereocenters. The maximum absolute atomic E-state index is 13.2. The highest BCUT2D eigenvalue weighted by atomic mass is 32.1. The summed E-state index contributed by atoms with van der Waals surface area (Å²) < 4.78 is 13.7. The summed E-state index contributed by atoms with van der Waals surface area (Å²) in [5.74, 6) is 0.528. The van der Waals surface area contributed by atoms with E-state index in [1.54, 1.807) is 18.3 Å². The van der Waals surface area contributed by atoms with Crippen molar-refractivity contribution >= 4 is 18.0 Å². The summed E-state index contributed by atoms with van der Waals surface area (Å²) >= 11 is 5.23. The van der Waals surface area contributed by atoms with E-state index in [-0.39, 0.29) is 5.82 Å². The molecule has 3 N–H and O–H groups in total. The van der Waals surface area contributed by atoms with Gasteiger partial charge in [-0.2, -0.15) is 0 Å². The number of hydrogen-bond donors (Lipinski definition) is 3. The van der Waals surface area contributed by atoms with Crippen molar-refractivity contribution < 1.29 is 4.39 Å². The number of benzene rings is 1. The fourth-order valence-electron chi connectivity index (χ4n) is 2.39. The molecule has 0 saturated heterocycles. The van der Waals surface area contributed by atoms with Gasteiger partial charge in [-0.25, -0.2) is 9.37 Å². The SMILES string of the molecule is CC(C)Nc1cc(-c2[nH]c(=S)[nH]c2-c2ccc(F)cc2)ccn1. The zero-order chi connectivity index (χ0) is 16.4. The first-order valence-electron chi connectivity index (χ1n) is 7.34. The number of rotatable bonds is 4. The summed E-state index contributed by atoms with van der Waals surface area (Å²) in [4.78, 5) is 10.6. The number of nitrogens with zero attached hydrogens (tertiary/aromatic N) is 1. The molecule has 3 rings (SSSR count). The van der Waals surface area contributed by atoms with E-state index >= 15 is 0 Å². The van der Waals surface area contributed by atoms with Crippen LogP contribution in [0.3, 0.4) is 0 Å². The lowest BCUT2D eigenvalue weighted by Gasteiger charge is -2.10. The second kappa shape index (κ2) is 6.34. The summed E-state index contributed by atoms with van der Waals surface area (Å²) in [6, 6.07) is 10.5. The lowest BCUT2D eigenvalue weighted by molar-refractivity contribution is 0.628. The summed E-state index contributed by atoms with van der Waals surface area (Å²) in [5.41, 5.74) is 3.51. The molecule has 118 valence electrons. The van der Waals surface area contributed by atoms with Crippen molar-refractivity contribution in [3.63, 3.8) is 0 Å². The van der Waals surface area contributed by atoms with Crippen LogP contribution in [0.1, 0.15) is 13.8 Å². The van der Waals surface area contributed by atoms with Crippen LogP contribution in [0.4, 0.5) is 10.2 Å². The molecule has 0 aliphatic carbocycles. The standard InChI is InChI=1S/C17H17FN4S/c1-10(2)20-14-9-12(7-8-19-14)16-15(21-17(23)22-16)11-3-5-13(18)6-4-11/h3-10H,1-2H3,(H,19,20)(H2,21,22,23). The molecule has 0 amide bonds. The molecule has 6 heteroatoms. The van der Waals surface area contributed by atoms with Crippen LogP contribution in [0, 0.1) is 10.6 Å². The van der Waals surface area contributed by atoms with Crippen molar-refractivity contribution in [2.45, 2.75) is 19.9 Å². The van der Waals surface area contributed by atoms with E-state index in [1.807, 2.05) is 12.1 Å². The molecule has 0 fully saturated rings. The van der Waals surface area contributed by atoms with Crippen LogP contribution in [-0.4, -0.2) is 21.0 Å². The van der Waals surface area contributed by atoms with Crippen LogP contribution in [0.15, 0.2) is 42.6 Å². The maximum Gasteiger partial charge on any atom is 0.175 e. The molecular formula is C17H17FN4S. The van der Waals surface area contributed by atoms with Crippen molar-refractivity contribution in [3.05, 3.63) is 53.2 Å². The number of aromatic amines is 2. The zero-order valence-electron chi connectivity index (χ0n) is 12.9. The third kappa shape index (κ3) is 3.48. The van der Waals surface area contributed by atoms with Crippen molar-refractivity contribution in [2.24, 2.45) is 0 Å². The molecule has 0 spiro atoms. The molecule has 4 nitrogen and oxygen atoms in total. The predicted octanol–water partition coefficient (Wildman–Crippen LogP) is 4.76. The van der Waals surface area contributed by atoms with Crippen LogP contribution >= 0.6 is 12.2 Å². The van der Waals surface area contributed by atoms with Gasteiger partial charge in [0.15, 0.2) is 4.77 Å². The van der Waals surface area contributed by atoms with Gasteiger partial charge in [-0.15, -0.1) is 0 Å². The molecule has 0 radical (unpaired) electrons. The summed E-state index contributed by atoms with van der Waals surface area (Å²) in [6.45, 7) is 4.12. The van der Waals surface area contributed by atoms with Crippen LogP contribution < -0.4 is 5.32 Å². The molecule has 2 aromatic heterocycles. The molecule has 1 aromatic carbocycles. The number of pyridine rings is 1. The molecule has 0 aliphatic rings. The summed E-state index contributed by atoms with van der Waals surface area (Å²) in [5, 5.41) is 3.28. The minimum absolute atomic E-state index is 0.267. The number of aromatic nitrogens is 3. The average molecular weight is 328 g/mol. The van der Waals surface area contributed by atoms with Crippen molar-refractivity contribution in [3.8, 4) is 22.5 Å². The highest BCUT2D eigenvalue weighted by Crippen LogP contribution is 2.30. The first-order chi connectivity index (χ1) is 11.0. The number of hydrogen-bond acceptors (Lipinski definition) is 3. The van der Waals surface area contributed by atoms with Crippen LogP contribution in [0.2, 0.25) is 0 Å². The van der Waals surface area contributed by atoms with Gasteiger partial charge >= 0.3 is 0 Å². The van der Waals surface area contributed by atoms with E-state index in [0.717, 1.165) is 28.3 Å². The Morgan fingerprint density at radius 3 is 2.35 bits per heavy atom. The Kier molecular flexibility index (Phi) is 4.25. The Morgan fingerprint density at radius 2 is 1.70 bits per heavy atom. The monoisotopic (exact) mass is 328 g/mol. The van der Waals surface area contributed by atoms with Gasteiger partial charge in [0.1, 0.15) is 11.6 Å². The van der Waals surface area contributed by atoms with Gasteiger partial charge in [-0.3, -0.25) is 0 Å². The first-order valence-corrected chi connectivity index (χ1v) is 7.75. The topological polar surface area (TPSA) is 56.5 Å². The van der Waals surface area contributed by atoms with Gasteiger partial charge in [-0.05, 0) is 62.5 Å². The lowest BCUT2D eigenvalue weighted by atomic mass is 10.1. The van der Waals surface area contributed by atoms with Gasteiger partial charge in [0.2, 0.25) is 0 Å². The van der Waals surface area contributed by atoms with Gasteiger partial charge < -0.3 is 15.3 Å². The second-order valence-electron chi connectivity index (χ2n) is 5.56. The Labute approximate surface area is 138 Å². The highest BCUT2D eigenvalue weighted by molar-refractivity contribution is 7.71. The van der Waals surface area contributed by atoms with E-state index in [0.29, 0.717) is 10.8 Å². The second-order valence-corrected chi connectivity index (χ2v) is 5.97. The minimum atomic E-state index is -0.267. The van der Waals surface area contributed by atoms with Gasteiger partial charge in [0, 0.05) is 23.4 Å². The van der Waals surface area contributed by atoms with Crippen LogP contribution in [0.5, 0.6) is 0 Å². The number of anilines is 1. The number of H-pyrrole nitrogens is 2. The van der Waals surface area contributed by atoms with Gasteiger partial charge in [0.05, 0.1) is 11.4 Å².